The van der Waals surface area contributed by atoms with Crippen LogP contribution in [0.2, 0.25) is 5.02 Å². The first-order chi connectivity index (χ1) is 10.1. The van der Waals surface area contributed by atoms with Gasteiger partial charge in [-0.15, -0.1) is 0 Å². The van der Waals surface area contributed by atoms with Crippen molar-refractivity contribution in [2.24, 2.45) is 5.92 Å². The molecule has 0 bridgehead atoms. The molecule has 5 heteroatoms. The molecule has 4 nitrogen and oxygen atoms in total. The highest BCUT2D eigenvalue weighted by Crippen LogP contribution is 2.25. The van der Waals surface area contributed by atoms with Crippen molar-refractivity contribution in [1.82, 2.24) is 0 Å². The first-order valence-electron chi connectivity index (χ1n) is 7.53. The zero-order valence-corrected chi connectivity index (χ0v) is 13.2. The van der Waals surface area contributed by atoms with E-state index in [4.69, 9.17) is 22.1 Å². The van der Waals surface area contributed by atoms with Crippen LogP contribution in [0.5, 0.6) is 0 Å². The molecule has 1 saturated carbocycles. The van der Waals surface area contributed by atoms with Crippen molar-refractivity contribution in [1.29, 1.82) is 0 Å². The molecule has 2 rings (SSSR count). The van der Waals surface area contributed by atoms with Crippen molar-refractivity contribution in [3.05, 3.63) is 23.2 Å². The minimum absolute atomic E-state index is 0.160. The summed E-state index contributed by atoms with van der Waals surface area (Å²) in [7, 11) is 0. The fourth-order valence-electron chi connectivity index (χ4n) is 2.58. The molecule has 21 heavy (non-hydrogen) atoms. The minimum atomic E-state index is -0.469. The number of carbonyl (C=O) groups is 1. The largest absolute Gasteiger partial charge is 0.397 e. The number of hydrogen-bond donors (Lipinski definition) is 2. The first kappa shape index (κ1) is 16.1. The van der Waals surface area contributed by atoms with Crippen molar-refractivity contribution >= 4 is 28.9 Å². The molecule has 1 unspecified atom stereocenters. The van der Waals surface area contributed by atoms with Gasteiger partial charge in [0.05, 0.1) is 17.3 Å². The summed E-state index contributed by atoms with van der Waals surface area (Å²) < 4.78 is 5.70. The molecule has 1 aromatic rings. The number of amides is 1. The Balaban J connectivity index is 1.80. The van der Waals surface area contributed by atoms with Crippen molar-refractivity contribution in [2.75, 3.05) is 17.7 Å². The number of carbonyl (C=O) groups excluding carboxylic acids is 1. The van der Waals surface area contributed by atoms with Crippen LogP contribution in [0, 0.1) is 5.92 Å². The molecular formula is C16H23ClN2O2. The van der Waals surface area contributed by atoms with Gasteiger partial charge in [0.15, 0.2) is 0 Å². The van der Waals surface area contributed by atoms with Crippen LogP contribution in [0.25, 0.3) is 0 Å². The van der Waals surface area contributed by atoms with Crippen LogP contribution in [-0.2, 0) is 9.53 Å². The van der Waals surface area contributed by atoms with Gasteiger partial charge in [-0.05, 0) is 43.9 Å². The van der Waals surface area contributed by atoms with Crippen LogP contribution in [0.1, 0.15) is 39.0 Å². The maximum Gasteiger partial charge on any atom is 0.253 e. The number of hydrogen-bond acceptors (Lipinski definition) is 3. The van der Waals surface area contributed by atoms with E-state index in [0.717, 1.165) is 0 Å². The van der Waals surface area contributed by atoms with E-state index in [9.17, 15) is 4.79 Å². The number of benzene rings is 1. The van der Waals surface area contributed by atoms with E-state index in [2.05, 4.69) is 5.32 Å². The van der Waals surface area contributed by atoms with E-state index < -0.39 is 6.10 Å². The summed E-state index contributed by atoms with van der Waals surface area (Å²) in [5, 5.41) is 3.28. The topological polar surface area (TPSA) is 64.3 Å². The van der Waals surface area contributed by atoms with E-state index >= 15 is 0 Å². The lowest BCUT2D eigenvalue weighted by Crippen LogP contribution is -2.30. The molecule has 0 spiro atoms. The standard InChI is InChI=1S/C16H23ClN2O2/c1-11(21-10-12-5-3-2-4-6-12)16(20)19-13-7-8-14(17)15(18)9-13/h7-9,11-12H,2-6,10,18H2,1H3,(H,19,20). The van der Waals surface area contributed by atoms with Crippen molar-refractivity contribution in [3.8, 4) is 0 Å². The quantitative estimate of drug-likeness (QED) is 0.812. The number of nitrogens with one attached hydrogen (secondary N) is 1. The van der Waals surface area contributed by atoms with Crippen molar-refractivity contribution < 1.29 is 9.53 Å². The molecule has 0 aromatic heterocycles. The fourth-order valence-corrected chi connectivity index (χ4v) is 2.69. The fraction of sp³-hybridized carbons (Fsp3) is 0.562. The van der Waals surface area contributed by atoms with Crippen LogP contribution in [0.3, 0.4) is 0 Å². The Kier molecular flexibility index (Phi) is 5.88. The van der Waals surface area contributed by atoms with Crippen LogP contribution >= 0.6 is 11.6 Å². The van der Waals surface area contributed by atoms with Gasteiger partial charge >= 0.3 is 0 Å². The second-order valence-electron chi connectivity index (χ2n) is 5.71. The van der Waals surface area contributed by atoms with Gasteiger partial charge in [-0.1, -0.05) is 30.9 Å². The molecule has 1 amide bonds. The SMILES string of the molecule is CC(OCC1CCCCC1)C(=O)Nc1ccc(Cl)c(N)c1. The van der Waals surface area contributed by atoms with Gasteiger partial charge in [0.2, 0.25) is 0 Å². The molecule has 1 fully saturated rings. The number of ether oxygens (including phenoxy) is 1. The molecule has 1 aliphatic rings. The Hall–Kier alpha value is -1.26. The Morgan fingerprint density at radius 1 is 1.43 bits per heavy atom. The monoisotopic (exact) mass is 310 g/mol. The lowest BCUT2D eigenvalue weighted by molar-refractivity contribution is -0.127. The molecule has 0 heterocycles. The Labute approximate surface area is 131 Å². The third-order valence-electron chi connectivity index (χ3n) is 3.94. The normalized spacial score (nSPS) is 17.4. The molecule has 1 aliphatic carbocycles. The molecule has 1 atom stereocenters. The van der Waals surface area contributed by atoms with Gasteiger partial charge in [-0.2, -0.15) is 0 Å². The van der Waals surface area contributed by atoms with Crippen molar-refractivity contribution in [2.45, 2.75) is 45.1 Å². The molecule has 0 radical (unpaired) electrons. The highest BCUT2D eigenvalue weighted by Gasteiger charge is 2.18. The maximum atomic E-state index is 12.1. The Morgan fingerprint density at radius 3 is 2.81 bits per heavy atom. The van der Waals surface area contributed by atoms with E-state index in [0.29, 0.717) is 28.9 Å². The third kappa shape index (κ3) is 4.90. The summed E-state index contributed by atoms with van der Waals surface area (Å²) in [6, 6.07) is 5.04. The molecular weight excluding hydrogens is 288 g/mol. The number of nitrogens with two attached hydrogens (primary N) is 1. The number of anilines is 2. The Morgan fingerprint density at radius 2 is 2.14 bits per heavy atom. The van der Waals surface area contributed by atoms with Crippen LogP contribution < -0.4 is 11.1 Å². The smallest absolute Gasteiger partial charge is 0.253 e. The lowest BCUT2D eigenvalue weighted by Gasteiger charge is -2.23. The highest BCUT2D eigenvalue weighted by molar-refractivity contribution is 6.33. The number of rotatable bonds is 5. The summed E-state index contributed by atoms with van der Waals surface area (Å²) in [4.78, 5) is 12.1. The molecule has 0 saturated heterocycles. The number of nitrogen functional groups attached to an aromatic ring is 1. The van der Waals surface area contributed by atoms with Crippen LogP contribution in [-0.4, -0.2) is 18.6 Å². The Bertz CT molecular complexity index is 487. The zero-order valence-electron chi connectivity index (χ0n) is 12.4. The average molecular weight is 311 g/mol. The van der Waals surface area contributed by atoms with Gasteiger partial charge in [0, 0.05) is 5.69 Å². The summed E-state index contributed by atoms with van der Waals surface area (Å²) >= 11 is 5.85. The second kappa shape index (κ2) is 7.66. The number of halogens is 1. The van der Waals surface area contributed by atoms with E-state index in [-0.39, 0.29) is 5.91 Å². The van der Waals surface area contributed by atoms with Gasteiger partial charge in [-0.25, -0.2) is 0 Å². The second-order valence-corrected chi connectivity index (χ2v) is 6.11. The van der Waals surface area contributed by atoms with Gasteiger partial charge in [0.25, 0.3) is 5.91 Å². The predicted octanol–water partition coefficient (Wildman–Crippen LogP) is 3.85. The minimum Gasteiger partial charge on any atom is -0.397 e. The summed E-state index contributed by atoms with van der Waals surface area (Å²) in [5.41, 5.74) is 6.80. The van der Waals surface area contributed by atoms with Gasteiger partial charge < -0.3 is 15.8 Å². The van der Waals surface area contributed by atoms with Crippen LogP contribution in [0.15, 0.2) is 18.2 Å². The van der Waals surface area contributed by atoms with E-state index in [1.165, 1.54) is 32.1 Å². The lowest BCUT2D eigenvalue weighted by atomic mass is 9.90. The van der Waals surface area contributed by atoms with Crippen molar-refractivity contribution in [3.63, 3.8) is 0 Å². The molecule has 3 N–H and O–H groups in total. The highest BCUT2D eigenvalue weighted by atomic mass is 35.5. The van der Waals surface area contributed by atoms with E-state index in [1.54, 1.807) is 25.1 Å². The summed E-state index contributed by atoms with van der Waals surface area (Å²) in [6.45, 7) is 2.44. The summed E-state index contributed by atoms with van der Waals surface area (Å²) in [6.07, 6.45) is 5.83. The maximum absolute atomic E-state index is 12.1. The average Bonchev–Trinajstić information content (AvgIpc) is 2.49. The molecule has 0 aliphatic heterocycles. The first-order valence-corrected chi connectivity index (χ1v) is 7.91. The molecule has 116 valence electrons. The van der Waals surface area contributed by atoms with Gasteiger partial charge in [0.1, 0.15) is 6.10 Å². The van der Waals surface area contributed by atoms with E-state index in [1.807, 2.05) is 0 Å². The van der Waals surface area contributed by atoms with Gasteiger partial charge in [-0.3, -0.25) is 4.79 Å². The zero-order chi connectivity index (χ0) is 15.2. The molecule has 1 aromatic carbocycles. The third-order valence-corrected chi connectivity index (χ3v) is 4.28. The summed E-state index contributed by atoms with van der Waals surface area (Å²) in [5.74, 6) is 0.438. The predicted molar refractivity (Wildman–Crippen MR) is 86.5 cm³/mol. The van der Waals surface area contributed by atoms with Crippen LogP contribution in [0.4, 0.5) is 11.4 Å².